The first-order chi connectivity index (χ1) is 13.0. The molecule has 1 N–H and O–H groups in total. The summed E-state index contributed by atoms with van der Waals surface area (Å²) in [6, 6.07) is 7.53. The molecule has 1 amide bonds. The molecule has 6 nitrogen and oxygen atoms in total. The van der Waals surface area contributed by atoms with Crippen LogP contribution in [0, 0.1) is 13.8 Å². The first-order valence-electron chi connectivity index (χ1n) is 8.72. The number of hydrogen-bond donors (Lipinski definition) is 1. The Morgan fingerprint density at radius 2 is 2.04 bits per heavy atom. The molecule has 8 heteroatoms. The molecule has 0 radical (unpaired) electrons. The monoisotopic (exact) mass is 408 g/mol. The molecule has 0 bridgehead atoms. The number of carbonyl (C=O) groups is 1. The fourth-order valence-corrected chi connectivity index (χ4v) is 3.51. The minimum Gasteiger partial charge on any atom is -0.379 e. The van der Waals surface area contributed by atoms with Crippen molar-refractivity contribution in [1.82, 2.24) is 14.9 Å². The number of amides is 1. The van der Waals surface area contributed by atoms with Crippen LogP contribution in [-0.2, 0) is 9.53 Å². The van der Waals surface area contributed by atoms with Crippen molar-refractivity contribution in [3.63, 3.8) is 0 Å². The molecule has 1 fully saturated rings. The van der Waals surface area contributed by atoms with E-state index in [0.717, 1.165) is 35.7 Å². The lowest BCUT2D eigenvalue weighted by atomic mass is 10.2. The Hall–Kier alpha value is -1.86. The van der Waals surface area contributed by atoms with Gasteiger partial charge in [-0.05, 0) is 32.0 Å². The van der Waals surface area contributed by atoms with E-state index in [4.69, 9.17) is 27.9 Å². The number of nitrogens with one attached hydrogen (secondary N) is 1. The van der Waals surface area contributed by atoms with Gasteiger partial charge in [0.15, 0.2) is 0 Å². The molecule has 0 unspecified atom stereocenters. The van der Waals surface area contributed by atoms with Crippen molar-refractivity contribution in [2.24, 2.45) is 5.10 Å². The first kappa shape index (κ1) is 19.9. The van der Waals surface area contributed by atoms with Crippen LogP contribution in [0.3, 0.4) is 0 Å². The number of carbonyl (C=O) groups excluding carboxylic acids is 1. The molecule has 3 rings (SSSR count). The van der Waals surface area contributed by atoms with E-state index in [1.54, 1.807) is 12.3 Å². The van der Waals surface area contributed by atoms with Gasteiger partial charge >= 0.3 is 0 Å². The van der Waals surface area contributed by atoms with Crippen molar-refractivity contribution in [3.8, 4) is 5.69 Å². The van der Waals surface area contributed by atoms with E-state index in [1.165, 1.54) is 0 Å². The number of benzene rings is 1. The highest BCUT2D eigenvalue weighted by molar-refractivity contribution is 6.43. The number of nitrogens with zero attached hydrogens (tertiary/aromatic N) is 3. The minimum absolute atomic E-state index is 0.139. The molecule has 2 aromatic rings. The zero-order valence-corrected chi connectivity index (χ0v) is 16.8. The van der Waals surface area contributed by atoms with Crippen molar-refractivity contribution in [2.45, 2.75) is 13.8 Å². The van der Waals surface area contributed by atoms with Crippen molar-refractivity contribution < 1.29 is 9.53 Å². The topological polar surface area (TPSA) is 58.9 Å². The summed E-state index contributed by atoms with van der Waals surface area (Å²) in [5.41, 5.74) is 6.26. The molecule has 144 valence electrons. The summed E-state index contributed by atoms with van der Waals surface area (Å²) in [7, 11) is 0. The number of aromatic nitrogens is 1. The van der Waals surface area contributed by atoms with Gasteiger partial charge in [0.05, 0.1) is 41.7 Å². The summed E-state index contributed by atoms with van der Waals surface area (Å²) >= 11 is 12.5. The van der Waals surface area contributed by atoms with Crippen molar-refractivity contribution >= 4 is 35.3 Å². The molecular formula is C19H22Cl2N4O2. The second kappa shape index (κ2) is 8.89. The Morgan fingerprint density at radius 3 is 2.78 bits per heavy atom. The van der Waals surface area contributed by atoms with Crippen LogP contribution in [0.25, 0.3) is 5.69 Å². The van der Waals surface area contributed by atoms with Crippen molar-refractivity contribution in [1.29, 1.82) is 0 Å². The van der Waals surface area contributed by atoms with Gasteiger partial charge in [-0.3, -0.25) is 9.69 Å². The predicted molar refractivity (Wildman–Crippen MR) is 108 cm³/mol. The highest BCUT2D eigenvalue weighted by atomic mass is 35.5. The molecule has 0 aliphatic carbocycles. The van der Waals surface area contributed by atoms with Crippen LogP contribution < -0.4 is 5.43 Å². The van der Waals surface area contributed by atoms with Gasteiger partial charge in [-0.15, -0.1) is 0 Å². The number of morpholine rings is 1. The fraction of sp³-hybridized carbons (Fsp3) is 0.368. The maximum Gasteiger partial charge on any atom is 0.254 e. The summed E-state index contributed by atoms with van der Waals surface area (Å²) in [4.78, 5) is 14.1. The molecule has 1 aliphatic rings. The van der Waals surface area contributed by atoms with Crippen LogP contribution in [0.1, 0.15) is 17.0 Å². The largest absolute Gasteiger partial charge is 0.379 e. The molecular weight excluding hydrogens is 387 g/mol. The first-order valence-corrected chi connectivity index (χ1v) is 9.48. The van der Waals surface area contributed by atoms with E-state index in [9.17, 15) is 4.79 Å². The molecule has 2 heterocycles. The molecule has 1 aliphatic heterocycles. The van der Waals surface area contributed by atoms with Crippen LogP contribution >= 0.6 is 23.2 Å². The van der Waals surface area contributed by atoms with Gasteiger partial charge in [0.2, 0.25) is 0 Å². The quantitative estimate of drug-likeness (QED) is 0.610. The Kier molecular flexibility index (Phi) is 6.55. The van der Waals surface area contributed by atoms with E-state index in [-0.39, 0.29) is 5.91 Å². The van der Waals surface area contributed by atoms with Gasteiger partial charge < -0.3 is 9.30 Å². The third-order valence-electron chi connectivity index (χ3n) is 4.51. The molecule has 1 saturated heterocycles. The lowest BCUT2D eigenvalue weighted by Crippen LogP contribution is -2.42. The summed E-state index contributed by atoms with van der Waals surface area (Å²) in [5.74, 6) is -0.139. The van der Waals surface area contributed by atoms with Gasteiger partial charge in [0.25, 0.3) is 5.91 Å². The summed E-state index contributed by atoms with van der Waals surface area (Å²) in [5, 5.41) is 5.11. The average molecular weight is 409 g/mol. The zero-order chi connectivity index (χ0) is 19.4. The lowest BCUT2D eigenvalue weighted by molar-refractivity contribution is -0.123. The highest BCUT2D eigenvalue weighted by Gasteiger charge is 2.15. The van der Waals surface area contributed by atoms with E-state index < -0.39 is 0 Å². The normalized spacial score (nSPS) is 15.4. The van der Waals surface area contributed by atoms with Crippen LogP contribution in [-0.4, -0.2) is 54.4 Å². The summed E-state index contributed by atoms with van der Waals surface area (Å²) in [6.07, 6.45) is 1.65. The van der Waals surface area contributed by atoms with Gasteiger partial charge in [-0.2, -0.15) is 5.10 Å². The third-order valence-corrected chi connectivity index (χ3v) is 5.32. The maximum atomic E-state index is 12.0. The van der Waals surface area contributed by atoms with E-state index >= 15 is 0 Å². The molecule has 0 spiro atoms. The molecule has 1 aromatic heterocycles. The highest BCUT2D eigenvalue weighted by Crippen LogP contribution is 2.31. The number of hydrazone groups is 1. The van der Waals surface area contributed by atoms with Crippen LogP contribution in [0.4, 0.5) is 0 Å². The van der Waals surface area contributed by atoms with E-state index in [2.05, 4.69) is 10.5 Å². The predicted octanol–water partition coefficient (Wildman–Crippen LogP) is 3.18. The average Bonchev–Trinajstić information content (AvgIpc) is 2.92. The summed E-state index contributed by atoms with van der Waals surface area (Å²) < 4.78 is 7.30. The van der Waals surface area contributed by atoms with Crippen molar-refractivity contribution in [2.75, 3.05) is 32.8 Å². The zero-order valence-electron chi connectivity index (χ0n) is 15.3. The van der Waals surface area contributed by atoms with Gasteiger partial charge in [0, 0.05) is 30.0 Å². The second-order valence-electron chi connectivity index (χ2n) is 6.42. The Bertz CT molecular complexity index is 858. The number of halogens is 2. The van der Waals surface area contributed by atoms with E-state index in [0.29, 0.717) is 29.8 Å². The number of ether oxygens (including phenoxy) is 1. The van der Waals surface area contributed by atoms with Gasteiger partial charge in [0.1, 0.15) is 0 Å². The van der Waals surface area contributed by atoms with Gasteiger partial charge in [-0.25, -0.2) is 5.43 Å². The number of aryl methyl sites for hydroxylation is 1. The second-order valence-corrected chi connectivity index (χ2v) is 7.20. The fourth-order valence-electron chi connectivity index (χ4n) is 3.13. The Morgan fingerprint density at radius 1 is 1.30 bits per heavy atom. The maximum absolute atomic E-state index is 12.0. The lowest BCUT2D eigenvalue weighted by Gasteiger charge is -2.25. The van der Waals surface area contributed by atoms with E-state index in [1.807, 2.05) is 41.5 Å². The number of rotatable bonds is 5. The summed E-state index contributed by atoms with van der Waals surface area (Å²) in [6.45, 7) is 7.12. The SMILES string of the molecule is Cc1cc(/C=N\NC(=O)CN2CCOCC2)c(C)n1-c1cccc(Cl)c1Cl. The third kappa shape index (κ3) is 4.71. The Balaban J connectivity index is 1.70. The molecule has 0 saturated carbocycles. The number of hydrogen-bond acceptors (Lipinski definition) is 4. The van der Waals surface area contributed by atoms with Gasteiger partial charge in [-0.1, -0.05) is 29.3 Å². The molecule has 0 atom stereocenters. The van der Waals surface area contributed by atoms with Crippen LogP contribution in [0.2, 0.25) is 10.0 Å². The standard InChI is InChI=1S/C19H22Cl2N4O2/c1-13-10-15(11-22-23-18(26)12-24-6-8-27-9-7-24)14(2)25(13)17-5-3-4-16(20)19(17)21/h3-5,10-11H,6-9,12H2,1-2H3,(H,23,26)/b22-11-. The van der Waals surface area contributed by atoms with Crippen LogP contribution in [0.15, 0.2) is 29.4 Å². The molecule has 27 heavy (non-hydrogen) atoms. The van der Waals surface area contributed by atoms with Crippen molar-refractivity contribution in [3.05, 3.63) is 51.3 Å². The smallest absolute Gasteiger partial charge is 0.254 e. The van der Waals surface area contributed by atoms with Crippen LogP contribution in [0.5, 0.6) is 0 Å². The minimum atomic E-state index is -0.139. The molecule has 1 aromatic carbocycles. The Labute approximate surface area is 168 Å².